The molecular formula is C9H12F2N2. The monoisotopic (exact) mass is 186 g/mol. The van der Waals surface area contributed by atoms with Gasteiger partial charge in [-0.15, -0.1) is 0 Å². The Hall–Kier alpha value is -1.03. The van der Waals surface area contributed by atoms with Crippen LogP contribution >= 0.6 is 0 Å². The van der Waals surface area contributed by atoms with E-state index in [-0.39, 0.29) is 11.6 Å². The van der Waals surface area contributed by atoms with Crippen molar-refractivity contribution in [2.45, 2.75) is 19.9 Å². The summed E-state index contributed by atoms with van der Waals surface area (Å²) in [5.41, 5.74) is 5.79. The summed E-state index contributed by atoms with van der Waals surface area (Å²) in [6, 6.07) is 0.311. The van der Waals surface area contributed by atoms with E-state index >= 15 is 0 Å². The summed E-state index contributed by atoms with van der Waals surface area (Å²) < 4.78 is 25.5. The molecular weight excluding hydrogens is 174 g/mol. The molecule has 0 bridgehead atoms. The Morgan fingerprint density at radius 1 is 1.38 bits per heavy atom. The Bertz CT molecular complexity index is 300. The number of aromatic nitrogens is 1. The van der Waals surface area contributed by atoms with E-state index in [2.05, 4.69) is 4.98 Å². The highest BCUT2D eigenvalue weighted by atomic mass is 19.1. The number of nitrogens with two attached hydrogens (primary N) is 1. The van der Waals surface area contributed by atoms with Gasteiger partial charge in [0.2, 0.25) is 0 Å². The molecule has 0 unspecified atom stereocenters. The Morgan fingerprint density at radius 3 is 2.46 bits per heavy atom. The molecule has 0 radical (unpaired) electrons. The molecule has 1 aromatic rings. The van der Waals surface area contributed by atoms with E-state index < -0.39 is 17.7 Å². The summed E-state index contributed by atoms with van der Waals surface area (Å²) in [4.78, 5) is 3.62. The fourth-order valence-corrected chi connectivity index (χ4v) is 0.986. The second-order valence-electron chi connectivity index (χ2n) is 3.29. The van der Waals surface area contributed by atoms with Gasteiger partial charge < -0.3 is 5.73 Å². The fraction of sp³-hybridized carbons (Fsp3) is 0.444. The number of nitrogens with zero attached hydrogens (tertiary/aromatic N) is 1. The van der Waals surface area contributed by atoms with Gasteiger partial charge in [-0.2, -0.15) is 0 Å². The summed E-state index contributed by atoms with van der Waals surface area (Å²) in [6.45, 7) is 3.71. The predicted octanol–water partition coefficient (Wildman–Crippen LogP) is 2.02. The van der Waals surface area contributed by atoms with Crippen molar-refractivity contribution in [3.63, 3.8) is 0 Å². The number of hydrogen-bond donors (Lipinski definition) is 1. The molecule has 0 aliphatic rings. The van der Waals surface area contributed by atoms with Crippen LogP contribution in [0, 0.1) is 17.6 Å². The summed E-state index contributed by atoms with van der Waals surface area (Å²) in [7, 11) is 0. The van der Waals surface area contributed by atoms with E-state index in [1.54, 1.807) is 0 Å². The van der Waals surface area contributed by atoms with Crippen molar-refractivity contribution in [3.05, 3.63) is 29.6 Å². The van der Waals surface area contributed by atoms with Crippen molar-refractivity contribution in [1.29, 1.82) is 0 Å². The van der Waals surface area contributed by atoms with Crippen molar-refractivity contribution in [1.82, 2.24) is 4.98 Å². The van der Waals surface area contributed by atoms with Gasteiger partial charge in [0.25, 0.3) is 0 Å². The standard InChI is InChI=1S/C9H12F2N2/c1-5(2)8(12)9-7(11)3-6(10)4-13-9/h3-5,8H,12H2,1-2H3/t8-/m0/s1. The Balaban J connectivity index is 3.01. The lowest BCUT2D eigenvalue weighted by Gasteiger charge is -2.15. The SMILES string of the molecule is CC(C)[C@H](N)c1ncc(F)cc1F. The van der Waals surface area contributed by atoms with E-state index in [0.29, 0.717) is 0 Å². The quantitative estimate of drug-likeness (QED) is 0.767. The molecule has 2 N–H and O–H groups in total. The van der Waals surface area contributed by atoms with Crippen LogP contribution in [0.3, 0.4) is 0 Å². The summed E-state index contributed by atoms with van der Waals surface area (Å²) >= 11 is 0. The topological polar surface area (TPSA) is 38.9 Å². The van der Waals surface area contributed by atoms with E-state index in [9.17, 15) is 8.78 Å². The molecule has 0 aliphatic heterocycles. The van der Waals surface area contributed by atoms with Crippen molar-refractivity contribution in [2.24, 2.45) is 11.7 Å². The molecule has 0 spiro atoms. The third-order valence-electron chi connectivity index (χ3n) is 1.87. The van der Waals surface area contributed by atoms with E-state index in [1.807, 2.05) is 13.8 Å². The molecule has 0 saturated heterocycles. The first kappa shape index (κ1) is 10.1. The second-order valence-corrected chi connectivity index (χ2v) is 3.29. The van der Waals surface area contributed by atoms with Crippen molar-refractivity contribution in [3.8, 4) is 0 Å². The van der Waals surface area contributed by atoms with E-state index in [0.717, 1.165) is 12.3 Å². The van der Waals surface area contributed by atoms with Gasteiger partial charge in [-0.3, -0.25) is 4.98 Å². The molecule has 0 saturated carbocycles. The van der Waals surface area contributed by atoms with Gasteiger partial charge in [0.15, 0.2) is 0 Å². The molecule has 0 aliphatic carbocycles. The molecule has 1 aromatic heterocycles. The van der Waals surface area contributed by atoms with Crippen molar-refractivity contribution < 1.29 is 8.78 Å². The number of rotatable bonds is 2. The molecule has 2 nitrogen and oxygen atoms in total. The van der Waals surface area contributed by atoms with Gasteiger partial charge in [0.05, 0.1) is 17.9 Å². The van der Waals surface area contributed by atoms with Crippen LogP contribution < -0.4 is 5.73 Å². The zero-order chi connectivity index (χ0) is 10.0. The van der Waals surface area contributed by atoms with Crippen LogP contribution in [-0.4, -0.2) is 4.98 Å². The maximum Gasteiger partial charge on any atom is 0.149 e. The third-order valence-corrected chi connectivity index (χ3v) is 1.87. The third kappa shape index (κ3) is 2.21. The first-order valence-corrected chi connectivity index (χ1v) is 4.09. The zero-order valence-corrected chi connectivity index (χ0v) is 7.59. The van der Waals surface area contributed by atoms with E-state index in [4.69, 9.17) is 5.73 Å². The normalized spacial score (nSPS) is 13.4. The van der Waals surface area contributed by atoms with Gasteiger partial charge in [-0.05, 0) is 5.92 Å². The number of pyridine rings is 1. The Morgan fingerprint density at radius 2 is 2.00 bits per heavy atom. The molecule has 1 rings (SSSR count). The van der Waals surface area contributed by atoms with Crippen LogP contribution in [-0.2, 0) is 0 Å². The van der Waals surface area contributed by atoms with Gasteiger partial charge in [0, 0.05) is 6.07 Å². The highest BCUT2D eigenvalue weighted by Gasteiger charge is 2.16. The summed E-state index contributed by atoms with van der Waals surface area (Å²) in [6.07, 6.45) is 0.973. The van der Waals surface area contributed by atoms with Crippen LogP contribution in [0.1, 0.15) is 25.6 Å². The lowest BCUT2D eigenvalue weighted by atomic mass is 10.0. The molecule has 0 amide bonds. The first-order valence-electron chi connectivity index (χ1n) is 4.09. The number of hydrogen-bond acceptors (Lipinski definition) is 2. The Kier molecular flexibility index (Phi) is 2.93. The zero-order valence-electron chi connectivity index (χ0n) is 7.59. The van der Waals surface area contributed by atoms with Gasteiger partial charge >= 0.3 is 0 Å². The molecule has 4 heteroatoms. The van der Waals surface area contributed by atoms with Gasteiger partial charge in [0.1, 0.15) is 11.6 Å². The maximum absolute atomic E-state index is 13.1. The Labute approximate surface area is 75.8 Å². The molecule has 72 valence electrons. The second kappa shape index (κ2) is 3.79. The van der Waals surface area contributed by atoms with Crippen LogP contribution in [0.4, 0.5) is 8.78 Å². The van der Waals surface area contributed by atoms with Crippen LogP contribution in [0.25, 0.3) is 0 Å². The lowest BCUT2D eigenvalue weighted by molar-refractivity contribution is 0.464. The molecule has 1 atom stereocenters. The van der Waals surface area contributed by atoms with Crippen molar-refractivity contribution in [2.75, 3.05) is 0 Å². The average molecular weight is 186 g/mol. The smallest absolute Gasteiger partial charge is 0.149 e. The van der Waals surface area contributed by atoms with Gasteiger partial charge in [-0.25, -0.2) is 8.78 Å². The van der Waals surface area contributed by atoms with E-state index in [1.165, 1.54) is 0 Å². The fourth-order valence-electron chi connectivity index (χ4n) is 0.986. The molecule has 0 aromatic carbocycles. The maximum atomic E-state index is 13.1. The van der Waals surface area contributed by atoms with Crippen LogP contribution in [0.2, 0.25) is 0 Å². The predicted molar refractivity (Wildman–Crippen MR) is 45.9 cm³/mol. The molecule has 1 heterocycles. The summed E-state index contributed by atoms with van der Waals surface area (Å²) in [5.74, 6) is -1.29. The molecule has 0 fully saturated rings. The molecule has 13 heavy (non-hydrogen) atoms. The van der Waals surface area contributed by atoms with Crippen LogP contribution in [0.15, 0.2) is 12.3 Å². The minimum absolute atomic E-state index is 0.0764. The average Bonchev–Trinajstić information content (AvgIpc) is 2.03. The minimum atomic E-state index is -0.683. The minimum Gasteiger partial charge on any atom is -0.322 e. The first-order chi connectivity index (χ1) is 6.02. The lowest BCUT2D eigenvalue weighted by Crippen LogP contribution is -2.19. The van der Waals surface area contributed by atoms with Crippen molar-refractivity contribution >= 4 is 0 Å². The highest BCUT2D eigenvalue weighted by Crippen LogP contribution is 2.19. The highest BCUT2D eigenvalue weighted by molar-refractivity contribution is 5.12. The largest absolute Gasteiger partial charge is 0.322 e. The number of halogens is 2. The van der Waals surface area contributed by atoms with Gasteiger partial charge in [-0.1, -0.05) is 13.8 Å². The van der Waals surface area contributed by atoms with Crippen LogP contribution in [0.5, 0.6) is 0 Å². The summed E-state index contributed by atoms with van der Waals surface area (Å²) in [5, 5.41) is 0.